The Bertz CT molecular complexity index is 225. The van der Waals surface area contributed by atoms with E-state index in [0.717, 1.165) is 10.5 Å². The third-order valence-electron chi connectivity index (χ3n) is 3.50. The van der Waals surface area contributed by atoms with Crippen molar-refractivity contribution in [2.45, 2.75) is 70.4 Å². The number of hydrogen-bond donors (Lipinski definition) is 1. The number of hydrogen-bond acceptors (Lipinski definition) is 3. The molecule has 0 aromatic rings. The van der Waals surface area contributed by atoms with Gasteiger partial charge in [0, 0.05) is 28.0 Å². The highest BCUT2D eigenvalue weighted by Crippen LogP contribution is 2.35. The predicted molar refractivity (Wildman–Crippen MR) is 88.9 cm³/mol. The Morgan fingerprint density at radius 3 is 2.44 bits per heavy atom. The van der Waals surface area contributed by atoms with Gasteiger partial charge in [0.15, 0.2) is 0 Å². The van der Waals surface area contributed by atoms with Gasteiger partial charge in [-0.05, 0) is 31.2 Å². The van der Waals surface area contributed by atoms with Crippen LogP contribution in [0.4, 0.5) is 0 Å². The van der Waals surface area contributed by atoms with Crippen LogP contribution in [-0.4, -0.2) is 34.6 Å². The summed E-state index contributed by atoms with van der Waals surface area (Å²) in [5.74, 6) is 2.67. The summed E-state index contributed by atoms with van der Waals surface area (Å²) in [6.45, 7) is 12.9. The highest BCUT2D eigenvalue weighted by atomic mass is 32.2. The van der Waals surface area contributed by atoms with E-state index < -0.39 is 0 Å². The number of nitrogens with one attached hydrogen (secondary N) is 1. The molecule has 1 aliphatic rings. The highest BCUT2D eigenvalue weighted by Gasteiger charge is 2.30. The summed E-state index contributed by atoms with van der Waals surface area (Å²) in [4.78, 5) is 0. The lowest BCUT2D eigenvalue weighted by molar-refractivity contribution is 0.325. The minimum absolute atomic E-state index is 0.460. The number of rotatable bonds is 6. The predicted octanol–water partition coefficient (Wildman–Crippen LogP) is 4.42. The lowest BCUT2D eigenvalue weighted by Gasteiger charge is -2.36. The van der Waals surface area contributed by atoms with Crippen LogP contribution in [-0.2, 0) is 0 Å². The summed E-state index contributed by atoms with van der Waals surface area (Å²) in [5.41, 5.74) is 0.460. The van der Waals surface area contributed by atoms with Crippen LogP contribution >= 0.6 is 23.5 Å². The molecule has 18 heavy (non-hydrogen) atoms. The van der Waals surface area contributed by atoms with Crippen LogP contribution in [0.3, 0.4) is 0 Å². The molecule has 0 bridgehead atoms. The van der Waals surface area contributed by atoms with Crippen molar-refractivity contribution < 1.29 is 0 Å². The maximum absolute atomic E-state index is 3.81. The van der Waals surface area contributed by atoms with Gasteiger partial charge in [0.2, 0.25) is 0 Å². The van der Waals surface area contributed by atoms with E-state index in [1.165, 1.54) is 37.3 Å². The first-order valence-electron chi connectivity index (χ1n) is 7.40. The summed E-state index contributed by atoms with van der Waals surface area (Å²) in [7, 11) is 0. The van der Waals surface area contributed by atoms with Crippen LogP contribution in [0.5, 0.6) is 0 Å². The van der Waals surface area contributed by atoms with E-state index in [-0.39, 0.29) is 0 Å². The molecule has 1 fully saturated rings. The Balaban J connectivity index is 2.52. The van der Waals surface area contributed by atoms with Crippen LogP contribution in [0.2, 0.25) is 0 Å². The van der Waals surface area contributed by atoms with E-state index in [1.54, 1.807) is 0 Å². The Labute approximate surface area is 123 Å². The van der Waals surface area contributed by atoms with E-state index in [4.69, 9.17) is 0 Å². The van der Waals surface area contributed by atoms with Crippen molar-refractivity contribution in [1.29, 1.82) is 0 Å². The summed E-state index contributed by atoms with van der Waals surface area (Å²) < 4.78 is 0. The largest absolute Gasteiger partial charge is 0.313 e. The second kappa shape index (κ2) is 8.06. The van der Waals surface area contributed by atoms with E-state index >= 15 is 0 Å². The van der Waals surface area contributed by atoms with Gasteiger partial charge in [0.1, 0.15) is 0 Å². The fraction of sp³-hybridized carbons (Fsp3) is 1.00. The molecule has 0 aliphatic carbocycles. The van der Waals surface area contributed by atoms with E-state index in [2.05, 4.69) is 63.5 Å². The van der Waals surface area contributed by atoms with Crippen LogP contribution in [0, 0.1) is 5.41 Å². The van der Waals surface area contributed by atoms with Crippen LogP contribution in [0.1, 0.15) is 53.9 Å². The van der Waals surface area contributed by atoms with Gasteiger partial charge in [-0.3, -0.25) is 0 Å². The van der Waals surface area contributed by atoms with Crippen molar-refractivity contribution in [3.63, 3.8) is 0 Å². The van der Waals surface area contributed by atoms with E-state index in [0.29, 0.717) is 11.5 Å². The lowest BCUT2D eigenvalue weighted by Crippen LogP contribution is -2.45. The first-order valence-corrected chi connectivity index (χ1v) is 9.50. The Morgan fingerprint density at radius 1 is 1.22 bits per heavy atom. The van der Waals surface area contributed by atoms with Crippen LogP contribution in [0.15, 0.2) is 0 Å². The summed E-state index contributed by atoms with van der Waals surface area (Å²) in [6, 6.07) is 0.706. The molecule has 1 aliphatic heterocycles. The minimum atomic E-state index is 0.460. The molecule has 1 rings (SSSR count). The quantitative estimate of drug-likeness (QED) is 0.777. The normalized spacial score (nSPS) is 27.2. The van der Waals surface area contributed by atoms with Gasteiger partial charge in [-0.1, -0.05) is 34.6 Å². The van der Waals surface area contributed by atoms with Crippen LogP contribution in [0.25, 0.3) is 0 Å². The molecule has 108 valence electrons. The summed E-state index contributed by atoms with van der Waals surface area (Å²) in [5, 5.41) is 5.42. The molecule has 0 spiro atoms. The molecular formula is C15H31NS2. The minimum Gasteiger partial charge on any atom is -0.313 e. The molecule has 0 amide bonds. The van der Waals surface area contributed by atoms with Crippen molar-refractivity contribution in [1.82, 2.24) is 5.32 Å². The Hall–Kier alpha value is 0.660. The first-order chi connectivity index (χ1) is 8.44. The standard InChI is InChI=1S/C15H31NS2/c1-6-9-16-13(7-8-15(3,4)5)14-12(2)17-10-11-18-14/h12-14,16H,6-11H2,1-5H3. The first kappa shape index (κ1) is 16.7. The second-order valence-corrected chi connectivity index (χ2v) is 9.34. The van der Waals surface area contributed by atoms with Gasteiger partial charge < -0.3 is 5.32 Å². The zero-order chi connectivity index (χ0) is 13.6. The third kappa shape index (κ3) is 6.21. The molecule has 1 heterocycles. The zero-order valence-electron chi connectivity index (χ0n) is 12.8. The third-order valence-corrected chi connectivity index (χ3v) is 6.75. The monoisotopic (exact) mass is 289 g/mol. The Morgan fingerprint density at radius 2 is 1.89 bits per heavy atom. The van der Waals surface area contributed by atoms with Crippen molar-refractivity contribution in [2.24, 2.45) is 5.41 Å². The molecule has 1 nitrogen and oxygen atoms in total. The fourth-order valence-corrected chi connectivity index (χ4v) is 5.39. The van der Waals surface area contributed by atoms with E-state index in [9.17, 15) is 0 Å². The smallest absolute Gasteiger partial charge is 0.0317 e. The molecule has 0 saturated carbocycles. The second-order valence-electron chi connectivity index (χ2n) is 6.57. The van der Waals surface area contributed by atoms with Crippen molar-refractivity contribution >= 4 is 23.5 Å². The lowest BCUT2D eigenvalue weighted by atomic mass is 9.87. The van der Waals surface area contributed by atoms with Crippen molar-refractivity contribution in [2.75, 3.05) is 18.1 Å². The zero-order valence-corrected chi connectivity index (χ0v) is 14.4. The SMILES string of the molecule is CCCNC(CCC(C)(C)C)C1SCCSC1C. The topological polar surface area (TPSA) is 12.0 Å². The average Bonchev–Trinajstić information content (AvgIpc) is 2.29. The van der Waals surface area contributed by atoms with Gasteiger partial charge in [-0.25, -0.2) is 0 Å². The molecule has 0 aromatic heterocycles. The summed E-state index contributed by atoms with van der Waals surface area (Å²) >= 11 is 4.36. The van der Waals surface area contributed by atoms with Gasteiger partial charge in [0.25, 0.3) is 0 Å². The molecule has 3 heteroatoms. The van der Waals surface area contributed by atoms with E-state index in [1.807, 2.05) is 0 Å². The Kier molecular flexibility index (Phi) is 7.48. The molecule has 3 atom stereocenters. The summed E-state index contributed by atoms with van der Waals surface area (Å²) in [6.07, 6.45) is 3.89. The highest BCUT2D eigenvalue weighted by molar-refractivity contribution is 8.07. The van der Waals surface area contributed by atoms with Gasteiger partial charge in [0.05, 0.1) is 0 Å². The molecule has 1 N–H and O–H groups in total. The van der Waals surface area contributed by atoms with Gasteiger partial charge >= 0.3 is 0 Å². The molecule has 1 saturated heterocycles. The molecule has 0 aromatic carbocycles. The maximum Gasteiger partial charge on any atom is 0.0317 e. The van der Waals surface area contributed by atoms with Crippen LogP contribution < -0.4 is 5.32 Å². The molecular weight excluding hydrogens is 258 g/mol. The average molecular weight is 290 g/mol. The number of thioether (sulfide) groups is 2. The van der Waals surface area contributed by atoms with Gasteiger partial charge in [-0.15, -0.1) is 0 Å². The molecule has 3 unspecified atom stereocenters. The van der Waals surface area contributed by atoms with Crippen molar-refractivity contribution in [3.05, 3.63) is 0 Å². The maximum atomic E-state index is 3.81. The van der Waals surface area contributed by atoms with Gasteiger partial charge in [-0.2, -0.15) is 23.5 Å². The fourth-order valence-electron chi connectivity index (χ4n) is 2.39. The molecule has 0 radical (unpaired) electrons. The van der Waals surface area contributed by atoms with Crippen molar-refractivity contribution in [3.8, 4) is 0 Å².